The molecule has 1 rings (SSSR count). The second-order valence-electron chi connectivity index (χ2n) is 4.30. The van der Waals surface area contributed by atoms with Crippen LogP contribution in [0.3, 0.4) is 0 Å². The van der Waals surface area contributed by atoms with Crippen molar-refractivity contribution in [2.75, 3.05) is 26.3 Å². The molecule has 0 amide bonds. The molecular formula is C14H21BrN2O. The van der Waals surface area contributed by atoms with E-state index in [1.165, 1.54) is 5.56 Å². The fourth-order valence-corrected chi connectivity index (χ4v) is 1.85. The molecule has 1 atom stereocenters. The van der Waals surface area contributed by atoms with Crippen molar-refractivity contribution in [3.63, 3.8) is 0 Å². The maximum absolute atomic E-state index is 5.78. The molecular weight excluding hydrogens is 292 g/mol. The number of ether oxygens (including phenoxy) is 1. The molecule has 0 aliphatic heterocycles. The molecule has 4 heteroatoms. The van der Waals surface area contributed by atoms with Gasteiger partial charge in [-0.05, 0) is 24.6 Å². The van der Waals surface area contributed by atoms with Crippen molar-refractivity contribution in [2.45, 2.75) is 13.0 Å². The molecule has 0 fully saturated rings. The van der Waals surface area contributed by atoms with Gasteiger partial charge >= 0.3 is 0 Å². The summed E-state index contributed by atoms with van der Waals surface area (Å²) in [5.41, 5.74) is 8.01. The average Bonchev–Trinajstić information content (AvgIpc) is 2.35. The lowest BCUT2D eigenvalue weighted by Crippen LogP contribution is -2.30. The molecule has 0 bridgehead atoms. The number of nitrogens with one attached hydrogen (secondary N) is 1. The summed E-state index contributed by atoms with van der Waals surface area (Å²) in [6.45, 7) is 8.39. The topological polar surface area (TPSA) is 47.3 Å². The van der Waals surface area contributed by atoms with Gasteiger partial charge in [0.1, 0.15) is 0 Å². The Morgan fingerprint density at radius 1 is 1.44 bits per heavy atom. The van der Waals surface area contributed by atoms with Gasteiger partial charge < -0.3 is 15.8 Å². The Kier molecular flexibility index (Phi) is 7.20. The summed E-state index contributed by atoms with van der Waals surface area (Å²) in [6.07, 6.45) is 0. The fraction of sp³-hybridized carbons (Fsp3) is 0.429. The summed E-state index contributed by atoms with van der Waals surface area (Å²) in [6, 6.07) is 8.37. The van der Waals surface area contributed by atoms with Gasteiger partial charge in [0.25, 0.3) is 0 Å². The number of rotatable bonds is 8. The van der Waals surface area contributed by atoms with Crippen molar-refractivity contribution in [1.29, 1.82) is 0 Å². The van der Waals surface area contributed by atoms with Crippen LogP contribution in [-0.4, -0.2) is 26.3 Å². The van der Waals surface area contributed by atoms with Crippen LogP contribution in [0.15, 0.2) is 40.9 Å². The number of benzene rings is 1. The molecule has 3 N–H and O–H groups in total. The molecule has 1 unspecified atom stereocenters. The Balaban J connectivity index is 2.33. The van der Waals surface area contributed by atoms with Crippen LogP contribution in [0.5, 0.6) is 0 Å². The number of halogens is 1. The fourth-order valence-electron chi connectivity index (χ4n) is 1.58. The zero-order valence-electron chi connectivity index (χ0n) is 10.8. The zero-order valence-corrected chi connectivity index (χ0v) is 12.4. The lowest BCUT2D eigenvalue weighted by Gasteiger charge is -2.17. The average molecular weight is 313 g/mol. The normalized spacial score (nSPS) is 12.4. The van der Waals surface area contributed by atoms with E-state index in [0.717, 1.165) is 16.6 Å². The standard InChI is InChI=1S/C14H21BrN2O/c1-11(2)10-18-8-7-17-14(9-16)12-3-5-13(15)6-4-12/h3-6,14,17H,1,7-10,16H2,2H3. The van der Waals surface area contributed by atoms with Gasteiger partial charge in [-0.25, -0.2) is 0 Å². The van der Waals surface area contributed by atoms with E-state index in [0.29, 0.717) is 19.8 Å². The van der Waals surface area contributed by atoms with Crippen molar-refractivity contribution in [1.82, 2.24) is 5.32 Å². The minimum absolute atomic E-state index is 0.173. The van der Waals surface area contributed by atoms with E-state index in [1.807, 2.05) is 19.1 Å². The first-order valence-electron chi connectivity index (χ1n) is 6.04. The van der Waals surface area contributed by atoms with Gasteiger partial charge in [0, 0.05) is 23.6 Å². The van der Waals surface area contributed by atoms with Crippen LogP contribution >= 0.6 is 15.9 Å². The van der Waals surface area contributed by atoms with Gasteiger partial charge in [0.15, 0.2) is 0 Å². The second-order valence-corrected chi connectivity index (χ2v) is 5.22. The number of hydrogen-bond acceptors (Lipinski definition) is 3. The maximum atomic E-state index is 5.78. The highest BCUT2D eigenvalue weighted by Gasteiger charge is 2.07. The van der Waals surface area contributed by atoms with Crippen LogP contribution in [0.25, 0.3) is 0 Å². The number of hydrogen-bond donors (Lipinski definition) is 2. The quantitative estimate of drug-likeness (QED) is 0.573. The summed E-state index contributed by atoms with van der Waals surface area (Å²) in [5, 5.41) is 3.38. The van der Waals surface area contributed by atoms with Crippen molar-refractivity contribution >= 4 is 15.9 Å². The molecule has 0 aliphatic carbocycles. The third kappa shape index (κ3) is 5.78. The van der Waals surface area contributed by atoms with Gasteiger partial charge in [-0.1, -0.05) is 40.2 Å². The third-order valence-electron chi connectivity index (χ3n) is 2.49. The van der Waals surface area contributed by atoms with Crippen molar-refractivity contribution < 1.29 is 4.74 Å². The molecule has 3 nitrogen and oxygen atoms in total. The summed E-state index contributed by atoms with van der Waals surface area (Å²) in [4.78, 5) is 0. The van der Waals surface area contributed by atoms with E-state index < -0.39 is 0 Å². The van der Waals surface area contributed by atoms with E-state index in [-0.39, 0.29) is 6.04 Å². The molecule has 0 aromatic heterocycles. The second kappa shape index (κ2) is 8.43. The van der Waals surface area contributed by atoms with Crippen LogP contribution in [0.1, 0.15) is 18.5 Å². The SMILES string of the molecule is C=C(C)COCCNC(CN)c1ccc(Br)cc1. The van der Waals surface area contributed by atoms with Crippen LogP contribution in [0.4, 0.5) is 0 Å². The zero-order chi connectivity index (χ0) is 13.4. The first kappa shape index (κ1) is 15.4. The first-order chi connectivity index (χ1) is 8.63. The summed E-state index contributed by atoms with van der Waals surface area (Å²) >= 11 is 3.42. The van der Waals surface area contributed by atoms with E-state index in [4.69, 9.17) is 10.5 Å². The number of nitrogens with two attached hydrogens (primary N) is 1. The van der Waals surface area contributed by atoms with Crippen molar-refractivity contribution in [3.8, 4) is 0 Å². The van der Waals surface area contributed by atoms with Gasteiger partial charge in [0.05, 0.1) is 13.2 Å². The molecule has 0 heterocycles. The third-order valence-corrected chi connectivity index (χ3v) is 3.02. The summed E-state index contributed by atoms with van der Waals surface area (Å²) in [7, 11) is 0. The lowest BCUT2D eigenvalue weighted by molar-refractivity contribution is 0.155. The maximum Gasteiger partial charge on any atom is 0.0672 e. The first-order valence-corrected chi connectivity index (χ1v) is 6.84. The molecule has 18 heavy (non-hydrogen) atoms. The van der Waals surface area contributed by atoms with E-state index in [1.54, 1.807) is 0 Å². The van der Waals surface area contributed by atoms with Gasteiger partial charge in [-0.2, -0.15) is 0 Å². The van der Waals surface area contributed by atoms with E-state index >= 15 is 0 Å². The molecule has 1 aromatic rings. The minimum Gasteiger partial charge on any atom is -0.376 e. The molecule has 1 aromatic carbocycles. The summed E-state index contributed by atoms with van der Waals surface area (Å²) < 4.78 is 6.51. The smallest absolute Gasteiger partial charge is 0.0672 e. The van der Waals surface area contributed by atoms with E-state index in [9.17, 15) is 0 Å². The highest BCUT2D eigenvalue weighted by molar-refractivity contribution is 9.10. The van der Waals surface area contributed by atoms with Crippen LogP contribution < -0.4 is 11.1 Å². The molecule has 0 radical (unpaired) electrons. The monoisotopic (exact) mass is 312 g/mol. The van der Waals surface area contributed by atoms with Gasteiger partial charge in [0.2, 0.25) is 0 Å². The minimum atomic E-state index is 0.173. The Hall–Kier alpha value is -0.680. The Morgan fingerprint density at radius 3 is 2.67 bits per heavy atom. The van der Waals surface area contributed by atoms with Crippen LogP contribution in [0, 0.1) is 0 Å². The predicted molar refractivity (Wildman–Crippen MR) is 79.6 cm³/mol. The molecule has 0 saturated carbocycles. The predicted octanol–water partition coefficient (Wildman–Crippen LogP) is 2.63. The van der Waals surface area contributed by atoms with E-state index in [2.05, 4.69) is 40.0 Å². The Labute approximate surface area is 118 Å². The molecule has 0 spiro atoms. The van der Waals surface area contributed by atoms with Crippen LogP contribution in [0.2, 0.25) is 0 Å². The molecule has 0 aliphatic rings. The summed E-state index contributed by atoms with van der Waals surface area (Å²) in [5.74, 6) is 0. The van der Waals surface area contributed by atoms with Crippen LogP contribution in [-0.2, 0) is 4.74 Å². The van der Waals surface area contributed by atoms with Gasteiger partial charge in [-0.15, -0.1) is 0 Å². The molecule has 100 valence electrons. The molecule has 0 saturated heterocycles. The Morgan fingerprint density at radius 2 is 2.11 bits per heavy atom. The highest BCUT2D eigenvalue weighted by Crippen LogP contribution is 2.15. The largest absolute Gasteiger partial charge is 0.376 e. The Bertz CT molecular complexity index is 365. The van der Waals surface area contributed by atoms with Crippen molar-refractivity contribution in [3.05, 3.63) is 46.5 Å². The van der Waals surface area contributed by atoms with Crippen molar-refractivity contribution in [2.24, 2.45) is 5.73 Å². The lowest BCUT2D eigenvalue weighted by atomic mass is 10.1. The van der Waals surface area contributed by atoms with Gasteiger partial charge in [-0.3, -0.25) is 0 Å². The highest BCUT2D eigenvalue weighted by atomic mass is 79.9.